The Morgan fingerprint density at radius 3 is 2.62 bits per heavy atom. The number of thiol groups is 1. The number of rotatable bonds is 1. The van der Waals surface area contributed by atoms with Crippen LogP contribution in [0.5, 0.6) is 0 Å². The summed E-state index contributed by atoms with van der Waals surface area (Å²) in [6, 6.07) is 1.42. The maximum atomic E-state index is 4.19. The van der Waals surface area contributed by atoms with Gasteiger partial charge >= 0.3 is 0 Å². The van der Waals surface area contributed by atoms with Gasteiger partial charge in [-0.05, 0) is 19.8 Å². The highest BCUT2D eigenvalue weighted by atomic mass is 32.1. The van der Waals surface area contributed by atoms with Crippen molar-refractivity contribution in [3.63, 3.8) is 0 Å². The summed E-state index contributed by atoms with van der Waals surface area (Å²) in [7, 11) is 0. The molecule has 0 radical (unpaired) electrons. The van der Waals surface area contributed by atoms with E-state index in [4.69, 9.17) is 0 Å². The zero-order valence-corrected chi connectivity index (χ0v) is 6.12. The summed E-state index contributed by atoms with van der Waals surface area (Å²) in [5.41, 5.74) is 0. The van der Waals surface area contributed by atoms with E-state index in [1.165, 1.54) is 12.8 Å². The van der Waals surface area contributed by atoms with E-state index in [2.05, 4.69) is 24.9 Å². The first-order valence-corrected chi connectivity index (χ1v) is 3.83. The average Bonchev–Trinajstić information content (AvgIpc) is 2.14. The van der Waals surface area contributed by atoms with Gasteiger partial charge in [0.2, 0.25) is 0 Å². The molecular formula is C6H13NS. The lowest BCUT2D eigenvalue weighted by atomic mass is 10.2. The SMILES string of the molecule is CC1CCC(CS)N1. The van der Waals surface area contributed by atoms with Gasteiger partial charge in [-0.2, -0.15) is 12.6 Å². The molecule has 1 fully saturated rings. The quantitative estimate of drug-likeness (QED) is 0.507. The zero-order chi connectivity index (χ0) is 5.98. The molecule has 1 saturated heterocycles. The zero-order valence-electron chi connectivity index (χ0n) is 5.22. The molecule has 2 atom stereocenters. The molecule has 0 spiro atoms. The van der Waals surface area contributed by atoms with Crippen LogP contribution in [0.3, 0.4) is 0 Å². The fourth-order valence-electron chi connectivity index (χ4n) is 1.16. The first-order valence-electron chi connectivity index (χ1n) is 3.20. The van der Waals surface area contributed by atoms with Crippen molar-refractivity contribution in [1.29, 1.82) is 0 Å². The van der Waals surface area contributed by atoms with Gasteiger partial charge in [-0.15, -0.1) is 0 Å². The summed E-state index contributed by atoms with van der Waals surface area (Å²) in [5.74, 6) is 0.990. The molecule has 0 aliphatic carbocycles. The van der Waals surface area contributed by atoms with Crippen LogP contribution in [-0.2, 0) is 0 Å². The first kappa shape index (κ1) is 6.43. The molecule has 1 heterocycles. The Morgan fingerprint density at radius 1 is 1.62 bits per heavy atom. The second kappa shape index (κ2) is 2.74. The van der Waals surface area contributed by atoms with E-state index in [1.54, 1.807) is 0 Å². The number of hydrogen-bond acceptors (Lipinski definition) is 2. The van der Waals surface area contributed by atoms with E-state index in [-0.39, 0.29) is 0 Å². The molecule has 1 rings (SSSR count). The van der Waals surface area contributed by atoms with Gasteiger partial charge in [-0.1, -0.05) is 0 Å². The smallest absolute Gasteiger partial charge is 0.0158 e. The summed E-state index contributed by atoms with van der Waals surface area (Å²) >= 11 is 4.19. The van der Waals surface area contributed by atoms with Gasteiger partial charge in [0.15, 0.2) is 0 Å². The van der Waals surface area contributed by atoms with Crippen molar-refractivity contribution in [1.82, 2.24) is 5.32 Å². The van der Waals surface area contributed by atoms with Gasteiger partial charge in [-0.3, -0.25) is 0 Å². The van der Waals surface area contributed by atoms with Crippen LogP contribution >= 0.6 is 12.6 Å². The third-order valence-electron chi connectivity index (χ3n) is 1.69. The molecular weight excluding hydrogens is 118 g/mol. The van der Waals surface area contributed by atoms with Crippen LogP contribution in [0.25, 0.3) is 0 Å². The highest BCUT2D eigenvalue weighted by molar-refractivity contribution is 7.80. The molecule has 0 aromatic heterocycles. The summed E-state index contributed by atoms with van der Waals surface area (Å²) < 4.78 is 0. The molecule has 0 aromatic carbocycles. The van der Waals surface area contributed by atoms with Gasteiger partial charge in [0.25, 0.3) is 0 Å². The van der Waals surface area contributed by atoms with E-state index >= 15 is 0 Å². The number of nitrogens with one attached hydrogen (secondary N) is 1. The van der Waals surface area contributed by atoms with Crippen molar-refractivity contribution in [2.24, 2.45) is 0 Å². The molecule has 0 saturated carbocycles. The Bertz CT molecular complexity index is 74.9. The monoisotopic (exact) mass is 131 g/mol. The maximum Gasteiger partial charge on any atom is 0.0158 e. The Kier molecular flexibility index (Phi) is 2.20. The molecule has 1 aliphatic rings. The third-order valence-corrected chi connectivity index (χ3v) is 2.13. The minimum atomic E-state index is 0.688. The molecule has 1 aliphatic heterocycles. The van der Waals surface area contributed by atoms with Gasteiger partial charge in [0, 0.05) is 17.8 Å². The molecule has 0 bridgehead atoms. The van der Waals surface area contributed by atoms with Gasteiger partial charge < -0.3 is 5.32 Å². The van der Waals surface area contributed by atoms with Crippen molar-refractivity contribution >= 4 is 12.6 Å². The van der Waals surface area contributed by atoms with Crippen molar-refractivity contribution in [2.45, 2.75) is 31.8 Å². The van der Waals surface area contributed by atoms with Crippen LogP contribution < -0.4 is 5.32 Å². The van der Waals surface area contributed by atoms with Crippen LogP contribution in [0.15, 0.2) is 0 Å². The topological polar surface area (TPSA) is 12.0 Å². The molecule has 1 nitrogen and oxygen atoms in total. The number of hydrogen-bond donors (Lipinski definition) is 2. The van der Waals surface area contributed by atoms with Gasteiger partial charge in [-0.25, -0.2) is 0 Å². The molecule has 0 aromatic rings. The summed E-state index contributed by atoms with van der Waals surface area (Å²) in [4.78, 5) is 0. The normalized spacial score (nSPS) is 38.2. The van der Waals surface area contributed by atoms with Crippen LogP contribution in [0.1, 0.15) is 19.8 Å². The van der Waals surface area contributed by atoms with Crippen LogP contribution in [0.4, 0.5) is 0 Å². The average molecular weight is 131 g/mol. The first-order chi connectivity index (χ1) is 3.83. The maximum absolute atomic E-state index is 4.19. The Morgan fingerprint density at radius 2 is 2.38 bits per heavy atom. The van der Waals surface area contributed by atoms with Crippen molar-refractivity contribution in [3.05, 3.63) is 0 Å². The largest absolute Gasteiger partial charge is 0.311 e. The Labute approximate surface area is 56.3 Å². The molecule has 48 valence electrons. The molecule has 1 N–H and O–H groups in total. The lowest BCUT2D eigenvalue weighted by molar-refractivity contribution is 0.603. The van der Waals surface area contributed by atoms with E-state index < -0.39 is 0 Å². The molecule has 0 amide bonds. The van der Waals surface area contributed by atoms with E-state index in [9.17, 15) is 0 Å². The van der Waals surface area contributed by atoms with E-state index in [1.807, 2.05) is 0 Å². The second-order valence-electron chi connectivity index (χ2n) is 2.52. The van der Waals surface area contributed by atoms with Crippen LogP contribution in [0, 0.1) is 0 Å². The van der Waals surface area contributed by atoms with E-state index in [0.717, 1.165) is 11.8 Å². The minimum absolute atomic E-state index is 0.688. The van der Waals surface area contributed by atoms with Crippen molar-refractivity contribution in [3.8, 4) is 0 Å². The third kappa shape index (κ3) is 1.39. The summed E-state index contributed by atoms with van der Waals surface area (Å²) in [6.07, 6.45) is 2.63. The highest BCUT2D eigenvalue weighted by Gasteiger charge is 2.17. The second-order valence-corrected chi connectivity index (χ2v) is 2.89. The van der Waals surface area contributed by atoms with Gasteiger partial charge in [0.1, 0.15) is 0 Å². The van der Waals surface area contributed by atoms with E-state index in [0.29, 0.717) is 6.04 Å². The van der Waals surface area contributed by atoms with Crippen molar-refractivity contribution < 1.29 is 0 Å². The van der Waals surface area contributed by atoms with Gasteiger partial charge in [0.05, 0.1) is 0 Å². The fraction of sp³-hybridized carbons (Fsp3) is 1.00. The van der Waals surface area contributed by atoms with Crippen LogP contribution in [-0.4, -0.2) is 17.8 Å². The standard InChI is InChI=1S/C6H13NS/c1-5-2-3-6(4-8)7-5/h5-8H,2-4H2,1H3. The predicted octanol–water partition coefficient (Wildman–Crippen LogP) is 1.06. The molecule has 2 heteroatoms. The summed E-state index contributed by atoms with van der Waals surface area (Å²) in [5, 5.41) is 3.43. The Hall–Kier alpha value is 0.310. The molecule has 8 heavy (non-hydrogen) atoms. The molecule has 2 unspecified atom stereocenters. The predicted molar refractivity (Wildman–Crippen MR) is 39.5 cm³/mol. The highest BCUT2D eigenvalue weighted by Crippen LogP contribution is 2.11. The van der Waals surface area contributed by atoms with Crippen LogP contribution in [0.2, 0.25) is 0 Å². The fourth-order valence-corrected chi connectivity index (χ4v) is 1.45. The minimum Gasteiger partial charge on any atom is -0.311 e. The summed E-state index contributed by atoms with van der Waals surface area (Å²) in [6.45, 7) is 2.23. The lowest BCUT2D eigenvalue weighted by Crippen LogP contribution is -2.28. The lowest BCUT2D eigenvalue weighted by Gasteiger charge is -2.05. The Balaban J connectivity index is 2.22. The van der Waals surface area contributed by atoms with Crippen molar-refractivity contribution in [2.75, 3.05) is 5.75 Å².